The van der Waals surface area contributed by atoms with Crippen LogP contribution in [0, 0.1) is 11.6 Å². The second-order valence-electron chi connectivity index (χ2n) is 3.84. The average molecular weight is 300 g/mol. The Hall–Kier alpha value is -0.620. The highest BCUT2D eigenvalue weighted by Gasteiger charge is 2.46. The number of alkyl halides is 2. The summed E-state index contributed by atoms with van der Waals surface area (Å²) in [6.45, 7) is 1.58. The molecule has 0 spiro atoms. The summed E-state index contributed by atoms with van der Waals surface area (Å²) in [4.78, 5) is 0. The lowest BCUT2D eigenvalue weighted by Gasteiger charge is -2.32. The Morgan fingerprint density at radius 2 is 1.62 bits per heavy atom. The molecule has 90 valence electrons. The SMILES string of the molecule is CC(F)(F)[C@](C)(N)c1cc(Br)c(F)cc1F. The summed E-state index contributed by atoms with van der Waals surface area (Å²) in [6.07, 6.45) is 0. The summed E-state index contributed by atoms with van der Waals surface area (Å²) in [7, 11) is 0. The van der Waals surface area contributed by atoms with Crippen LogP contribution in [0.4, 0.5) is 17.6 Å². The van der Waals surface area contributed by atoms with Gasteiger partial charge in [-0.1, -0.05) is 0 Å². The standard InChI is InChI=1S/C10H10BrF4N/c1-9(16,10(2,14)15)5-3-6(11)8(13)4-7(5)12/h3-4H,16H2,1-2H3/t9-/m1/s1. The summed E-state index contributed by atoms with van der Waals surface area (Å²) >= 11 is 2.80. The third-order valence-corrected chi connectivity index (χ3v) is 3.09. The maximum atomic E-state index is 13.4. The van der Waals surface area contributed by atoms with Gasteiger partial charge in [0.05, 0.1) is 4.47 Å². The van der Waals surface area contributed by atoms with Crippen LogP contribution >= 0.6 is 15.9 Å². The highest BCUT2D eigenvalue weighted by Crippen LogP contribution is 2.37. The zero-order valence-corrected chi connectivity index (χ0v) is 10.2. The third-order valence-electron chi connectivity index (χ3n) is 2.48. The number of halogens is 5. The van der Waals surface area contributed by atoms with Crippen molar-refractivity contribution in [2.75, 3.05) is 0 Å². The van der Waals surface area contributed by atoms with Crippen LogP contribution in [0.1, 0.15) is 19.4 Å². The van der Waals surface area contributed by atoms with Crippen molar-refractivity contribution in [3.05, 3.63) is 33.8 Å². The van der Waals surface area contributed by atoms with E-state index in [-0.39, 0.29) is 4.47 Å². The molecule has 0 bridgehead atoms. The first kappa shape index (κ1) is 13.4. The Bertz CT molecular complexity index is 412. The maximum Gasteiger partial charge on any atom is 0.266 e. The number of benzene rings is 1. The normalized spacial score (nSPS) is 16.0. The van der Waals surface area contributed by atoms with E-state index in [1.165, 1.54) is 0 Å². The molecule has 0 aliphatic heterocycles. The lowest BCUT2D eigenvalue weighted by atomic mass is 9.87. The lowest BCUT2D eigenvalue weighted by Crippen LogP contribution is -2.49. The Balaban J connectivity index is 3.39. The molecular formula is C10H10BrF4N. The van der Waals surface area contributed by atoms with Crippen molar-refractivity contribution in [3.8, 4) is 0 Å². The summed E-state index contributed by atoms with van der Waals surface area (Å²) in [6, 6.07) is 1.46. The number of hydrogen-bond donors (Lipinski definition) is 1. The van der Waals surface area contributed by atoms with Crippen molar-refractivity contribution in [3.63, 3.8) is 0 Å². The first-order valence-corrected chi connectivity index (χ1v) is 5.18. The van der Waals surface area contributed by atoms with E-state index in [0.717, 1.165) is 13.0 Å². The molecule has 1 rings (SSSR count). The fraction of sp³-hybridized carbons (Fsp3) is 0.400. The molecule has 0 radical (unpaired) electrons. The van der Waals surface area contributed by atoms with Crippen LogP contribution in [-0.2, 0) is 5.54 Å². The van der Waals surface area contributed by atoms with Gasteiger partial charge in [0.2, 0.25) is 0 Å². The predicted octanol–water partition coefficient (Wildman–Crippen LogP) is 3.56. The molecule has 1 nitrogen and oxygen atoms in total. The van der Waals surface area contributed by atoms with Crippen LogP contribution < -0.4 is 5.73 Å². The molecule has 0 aliphatic rings. The average Bonchev–Trinajstić information content (AvgIpc) is 2.09. The molecule has 0 aromatic heterocycles. The molecule has 1 aromatic carbocycles. The van der Waals surface area contributed by atoms with Gasteiger partial charge in [-0.3, -0.25) is 0 Å². The lowest BCUT2D eigenvalue weighted by molar-refractivity contribution is -0.0536. The van der Waals surface area contributed by atoms with Gasteiger partial charge in [-0.2, -0.15) is 0 Å². The van der Waals surface area contributed by atoms with E-state index in [4.69, 9.17) is 5.73 Å². The zero-order chi connectivity index (χ0) is 12.7. The Morgan fingerprint density at radius 1 is 1.12 bits per heavy atom. The summed E-state index contributed by atoms with van der Waals surface area (Å²) in [5.41, 5.74) is 2.76. The molecule has 2 N–H and O–H groups in total. The van der Waals surface area contributed by atoms with E-state index in [1.807, 2.05) is 0 Å². The highest BCUT2D eigenvalue weighted by atomic mass is 79.9. The Labute approximate surface area is 98.8 Å². The van der Waals surface area contributed by atoms with E-state index < -0.39 is 28.7 Å². The molecule has 0 heterocycles. The smallest absolute Gasteiger partial charge is 0.266 e. The zero-order valence-electron chi connectivity index (χ0n) is 8.62. The molecule has 0 saturated heterocycles. The fourth-order valence-corrected chi connectivity index (χ4v) is 1.50. The molecular weight excluding hydrogens is 290 g/mol. The van der Waals surface area contributed by atoms with Gasteiger partial charge in [0.15, 0.2) is 0 Å². The van der Waals surface area contributed by atoms with Gasteiger partial charge in [0.1, 0.15) is 17.2 Å². The van der Waals surface area contributed by atoms with Crippen LogP contribution in [0.5, 0.6) is 0 Å². The van der Waals surface area contributed by atoms with Crippen molar-refractivity contribution in [2.45, 2.75) is 25.3 Å². The minimum atomic E-state index is -3.33. The van der Waals surface area contributed by atoms with Crippen molar-refractivity contribution in [1.29, 1.82) is 0 Å². The maximum absolute atomic E-state index is 13.4. The highest BCUT2D eigenvalue weighted by molar-refractivity contribution is 9.10. The van der Waals surface area contributed by atoms with E-state index in [9.17, 15) is 17.6 Å². The van der Waals surface area contributed by atoms with Gasteiger partial charge in [-0.05, 0) is 28.9 Å². The number of hydrogen-bond acceptors (Lipinski definition) is 1. The third kappa shape index (κ3) is 2.22. The van der Waals surface area contributed by atoms with Crippen LogP contribution in [0.15, 0.2) is 16.6 Å². The molecule has 1 atom stereocenters. The molecule has 0 saturated carbocycles. The van der Waals surface area contributed by atoms with E-state index >= 15 is 0 Å². The van der Waals surface area contributed by atoms with Gasteiger partial charge in [-0.25, -0.2) is 17.6 Å². The first-order chi connectivity index (χ1) is 7.07. The van der Waals surface area contributed by atoms with E-state index in [2.05, 4.69) is 15.9 Å². The summed E-state index contributed by atoms with van der Waals surface area (Å²) in [5.74, 6) is -5.28. The monoisotopic (exact) mass is 299 g/mol. The number of nitrogens with two attached hydrogens (primary N) is 1. The van der Waals surface area contributed by atoms with Gasteiger partial charge in [0.25, 0.3) is 5.92 Å². The van der Waals surface area contributed by atoms with Crippen LogP contribution in [0.25, 0.3) is 0 Å². The first-order valence-electron chi connectivity index (χ1n) is 4.39. The van der Waals surface area contributed by atoms with E-state index in [1.54, 1.807) is 0 Å². The fourth-order valence-electron chi connectivity index (χ4n) is 1.16. The molecule has 6 heteroatoms. The van der Waals surface area contributed by atoms with Crippen LogP contribution in [0.2, 0.25) is 0 Å². The molecule has 1 aromatic rings. The van der Waals surface area contributed by atoms with Crippen LogP contribution in [0.3, 0.4) is 0 Å². The van der Waals surface area contributed by atoms with Crippen molar-refractivity contribution >= 4 is 15.9 Å². The minimum Gasteiger partial charge on any atom is -0.317 e. The molecule has 16 heavy (non-hydrogen) atoms. The van der Waals surface area contributed by atoms with Crippen LogP contribution in [-0.4, -0.2) is 5.92 Å². The minimum absolute atomic E-state index is 0.107. The van der Waals surface area contributed by atoms with Crippen molar-refractivity contribution in [1.82, 2.24) is 0 Å². The Morgan fingerprint density at radius 3 is 2.06 bits per heavy atom. The largest absolute Gasteiger partial charge is 0.317 e. The van der Waals surface area contributed by atoms with E-state index in [0.29, 0.717) is 13.0 Å². The van der Waals surface area contributed by atoms with Crippen molar-refractivity contribution in [2.24, 2.45) is 5.73 Å². The number of rotatable bonds is 2. The quantitative estimate of drug-likeness (QED) is 0.656. The summed E-state index contributed by atoms with van der Waals surface area (Å²) < 4.78 is 52.6. The second-order valence-corrected chi connectivity index (χ2v) is 4.69. The molecule has 0 aliphatic carbocycles. The summed E-state index contributed by atoms with van der Waals surface area (Å²) in [5, 5.41) is 0. The van der Waals surface area contributed by atoms with Gasteiger partial charge >= 0.3 is 0 Å². The predicted molar refractivity (Wildman–Crippen MR) is 56.2 cm³/mol. The van der Waals surface area contributed by atoms with Gasteiger partial charge in [0, 0.05) is 18.6 Å². The van der Waals surface area contributed by atoms with Gasteiger partial charge < -0.3 is 5.73 Å². The molecule has 0 amide bonds. The topological polar surface area (TPSA) is 26.0 Å². The Kier molecular flexibility index (Phi) is 3.36. The molecule has 0 unspecified atom stereocenters. The molecule has 0 fully saturated rings. The second kappa shape index (κ2) is 4.00. The van der Waals surface area contributed by atoms with Crippen molar-refractivity contribution < 1.29 is 17.6 Å². The van der Waals surface area contributed by atoms with Gasteiger partial charge in [-0.15, -0.1) is 0 Å².